The number of carbonyl (C=O) groups is 1. The third kappa shape index (κ3) is 4.94. The van der Waals surface area contributed by atoms with Crippen LogP contribution in [0.4, 0.5) is 5.69 Å². The summed E-state index contributed by atoms with van der Waals surface area (Å²) < 4.78 is 6.08. The second-order valence-electron chi connectivity index (χ2n) is 5.20. The molecule has 0 spiro atoms. The summed E-state index contributed by atoms with van der Waals surface area (Å²) in [4.78, 5) is 11.9. The molecule has 1 heterocycles. The Morgan fingerprint density at radius 1 is 1.04 bits per heavy atom. The van der Waals surface area contributed by atoms with Crippen molar-refractivity contribution in [2.45, 2.75) is 11.0 Å². The van der Waals surface area contributed by atoms with Gasteiger partial charge in [-0.25, -0.2) is 0 Å². The number of amides is 1. The molecular weight excluding hydrogens is 326 g/mol. The van der Waals surface area contributed by atoms with Gasteiger partial charge >= 0.3 is 0 Å². The third-order valence-electron chi connectivity index (χ3n) is 3.41. The van der Waals surface area contributed by atoms with Crippen LogP contribution >= 0.6 is 23.5 Å². The Hall–Kier alpha value is -1.59. The fourth-order valence-electron chi connectivity index (χ4n) is 2.27. The molecule has 1 fully saturated rings. The molecule has 5 heteroatoms. The maximum Gasteiger partial charge on any atom is 0.262 e. The summed E-state index contributed by atoms with van der Waals surface area (Å²) in [5.41, 5.74) is 2.10. The Kier molecular flexibility index (Phi) is 5.88. The summed E-state index contributed by atoms with van der Waals surface area (Å²) in [6.07, 6.45) is 1.30. The first-order chi connectivity index (χ1) is 11.3. The van der Waals surface area contributed by atoms with E-state index in [0.29, 0.717) is 4.58 Å². The van der Waals surface area contributed by atoms with Crippen molar-refractivity contribution in [3.63, 3.8) is 0 Å². The Morgan fingerprint density at radius 3 is 2.43 bits per heavy atom. The van der Waals surface area contributed by atoms with E-state index >= 15 is 0 Å². The van der Waals surface area contributed by atoms with Crippen LogP contribution in [0.5, 0.6) is 5.75 Å². The van der Waals surface area contributed by atoms with Crippen molar-refractivity contribution < 1.29 is 9.53 Å². The van der Waals surface area contributed by atoms with Gasteiger partial charge in [0.1, 0.15) is 5.75 Å². The highest BCUT2D eigenvalue weighted by atomic mass is 32.2. The van der Waals surface area contributed by atoms with Gasteiger partial charge in [-0.15, -0.1) is 23.5 Å². The molecule has 23 heavy (non-hydrogen) atoms. The second-order valence-corrected chi connectivity index (χ2v) is 7.92. The minimum absolute atomic E-state index is 0.0150. The van der Waals surface area contributed by atoms with Crippen LogP contribution in [0, 0.1) is 0 Å². The van der Waals surface area contributed by atoms with Crippen molar-refractivity contribution in [2.75, 3.05) is 23.4 Å². The summed E-state index contributed by atoms with van der Waals surface area (Å²) in [5.74, 6) is 3.03. The van der Waals surface area contributed by atoms with E-state index < -0.39 is 0 Å². The number of ether oxygens (including phenoxy) is 1. The number of anilines is 1. The zero-order chi connectivity index (χ0) is 15.9. The predicted octanol–water partition coefficient (Wildman–Crippen LogP) is 4.57. The van der Waals surface area contributed by atoms with Gasteiger partial charge in [-0.1, -0.05) is 30.3 Å². The number of carbonyl (C=O) groups excluding carboxylic acids is 1. The van der Waals surface area contributed by atoms with Gasteiger partial charge < -0.3 is 10.1 Å². The summed E-state index contributed by atoms with van der Waals surface area (Å²) in [5, 5.41) is 2.80. The maximum atomic E-state index is 11.9. The lowest BCUT2D eigenvalue weighted by Crippen LogP contribution is -2.20. The van der Waals surface area contributed by atoms with Crippen LogP contribution in [0.2, 0.25) is 0 Å². The van der Waals surface area contributed by atoms with Crippen molar-refractivity contribution in [1.82, 2.24) is 0 Å². The molecule has 1 aliphatic heterocycles. The quantitative estimate of drug-likeness (QED) is 0.861. The Balaban J connectivity index is 1.49. The van der Waals surface area contributed by atoms with Crippen LogP contribution < -0.4 is 10.1 Å². The van der Waals surface area contributed by atoms with E-state index in [4.69, 9.17) is 4.74 Å². The number of nitrogens with one attached hydrogen (secondary N) is 1. The monoisotopic (exact) mass is 345 g/mol. The van der Waals surface area contributed by atoms with Crippen LogP contribution in [0.3, 0.4) is 0 Å². The molecule has 2 aromatic carbocycles. The summed E-state index contributed by atoms with van der Waals surface area (Å²) in [7, 11) is 0. The normalized spacial score (nSPS) is 15.1. The molecule has 2 aromatic rings. The Bertz CT molecular complexity index is 625. The van der Waals surface area contributed by atoms with Crippen LogP contribution in [0.15, 0.2) is 54.6 Å². The number of benzene rings is 2. The Morgan fingerprint density at radius 2 is 1.74 bits per heavy atom. The zero-order valence-corrected chi connectivity index (χ0v) is 14.4. The number of hydrogen-bond donors (Lipinski definition) is 1. The number of rotatable bonds is 5. The fourth-order valence-corrected chi connectivity index (χ4v) is 5.16. The third-order valence-corrected chi connectivity index (χ3v) is 6.42. The highest BCUT2D eigenvalue weighted by Crippen LogP contribution is 2.43. The summed E-state index contributed by atoms with van der Waals surface area (Å²) >= 11 is 4.00. The molecule has 3 nitrogen and oxygen atoms in total. The second kappa shape index (κ2) is 8.31. The molecular formula is C18H19NO2S2. The average Bonchev–Trinajstić information content (AvgIpc) is 2.62. The van der Waals surface area contributed by atoms with E-state index in [1.54, 1.807) is 0 Å². The molecule has 0 aromatic heterocycles. The molecule has 3 rings (SSSR count). The standard InChI is InChI=1S/C18H19NO2S2/c20-17(19-15-5-2-1-3-6-15)13-21-16-9-7-14(8-10-16)18-22-11-4-12-23-18/h1-3,5-10,18H,4,11-13H2,(H,19,20). The van der Waals surface area contributed by atoms with Gasteiger partial charge in [-0.3, -0.25) is 4.79 Å². The summed E-state index contributed by atoms with van der Waals surface area (Å²) in [6, 6.07) is 17.5. The van der Waals surface area contributed by atoms with Gasteiger partial charge in [0.05, 0.1) is 4.58 Å². The Labute approximate surface area is 145 Å². The highest BCUT2D eigenvalue weighted by Gasteiger charge is 2.16. The molecule has 1 aliphatic rings. The van der Waals surface area contributed by atoms with E-state index in [1.807, 2.05) is 66.0 Å². The van der Waals surface area contributed by atoms with Crippen molar-refractivity contribution in [2.24, 2.45) is 0 Å². The van der Waals surface area contributed by atoms with E-state index in [2.05, 4.69) is 17.4 Å². The van der Waals surface area contributed by atoms with Crippen LogP contribution in [-0.2, 0) is 4.79 Å². The lowest BCUT2D eigenvalue weighted by molar-refractivity contribution is -0.118. The zero-order valence-electron chi connectivity index (χ0n) is 12.7. The largest absolute Gasteiger partial charge is 0.484 e. The van der Waals surface area contributed by atoms with Crippen LogP contribution in [0.1, 0.15) is 16.6 Å². The van der Waals surface area contributed by atoms with Gasteiger partial charge in [0.2, 0.25) is 0 Å². The molecule has 0 aliphatic carbocycles. The van der Waals surface area contributed by atoms with Gasteiger partial charge in [-0.05, 0) is 47.8 Å². The molecule has 0 bridgehead atoms. The summed E-state index contributed by atoms with van der Waals surface area (Å²) in [6.45, 7) is 0.0150. The number of thioether (sulfide) groups is 2. The van der Waals surface area contributed by atoms with E-state index in [9.17, 15) is 4.79 Å². The molecule has 0 saturated carbocycles. The molecule has 1 amide bonds. The van der Waals surface area contributed by atoms with Crippen LogP contribution in [-0.4, -0.2) is 24.0 Å². The minimum Gasteiger partial charge on any atom is -0.484 e. The number of para-hydroxylation sites is 1. The van der Waals surface area contributed by atoms with Gasteiger partial charge in [0.25, 0.3) is 5.91 Å². The van der Waals surface area contributed by atoms with Crippen molar-refractivity contribution in [1.29, 1.82) is 0 Å². The van der Waals surface area contributed by atoms with Crippen molar-refractivity contribution >= 4 is 35.1 Å². The minimum atomic E-state index is -0.154. The average molecular weight is 345 g/mol. The lowest BCUT2D eigenvalue weighted by atomic mass is 10.2. The molecule has 1 N–H and O–H groups in total. The molecule has 1 saturated heterocycles. The maximum absolute atomic E-state index is 11.9. The fraction of sp³-hybridized carbons (Fsp3) is 0.278. The van der Waals surface area contributed by atoms with Crippen LogP contribution in [0.25, 0.3) is 0 Å². The van der Waals surface area contributed by atoms with Gasteiger partial charge in [0, 0.05) is 5.69 Å². The highest BCUT2D eigenvalue weighted by molar-refractivity contribution is 8.16. The first-order valence-corrected chi connectivity index (χ1v) is 9.72. The smallest absolute Gasteiger partial charge is 0.262 e. The van der Waals surface area contributed by atoms with Crippen molar-refractivity contribution in [3.8, 4) is 5.75 Å². The molecule has 0 radical (unpaired) electrons. The lowest BCUT2D eigenvalue weighted by Gasteiger charge is -2.21. The number of hydrogen-bond acceptors (Lipinski definition) is 4. The molecule has 0 atom stereocenters. The van der Waals surface area contributed by atoms with Crippen molar-refractivity contribution in [3.05, 3.63) is 60.2 Å². The van der Waals surface area contributed by atoms with E-state index in [0.717, 1.165) is 11.4 Å². The molecule has 120 valence electrons. The first kappa shape index (κ1) is 16.3. The topological polar surface area (TPSA) is 38.3 Å². The molecule has 0 unspecified atom stereocenters. The van der Waals surface area contributed by atoms with Gasteiger partial charge in [0.15, 0.2) is 6.61 Å². The first-order valence-electron chi connectivity index (χ1n) is 7.62. The van der Waals surface area contributed by atoms with Gasteiger partial charge in [-0.2, -0.15) is 0 Å². The predicted molar refractivity (Wildman–Crippen MR) is 99.3 cm³/mol. The SMILES string of the molecule is O=C(COc1ccc(C2SCCCS2)cc1)Nc1ccccc1. The van der Waals surface area contributed by atoms with E-state index in [1.165, 1.54) is 23.5 Å². The van der Waals surface area contributed by atoms with E-state index in [-0.39, 0.29) is 12.5 Å².